The van der Waals surface area contributed by atoms with Crippen LogP contribution in [-0.4, -0.2) is 4.57 Å². The van der Waals surface area contributed by atoms with E-state index in [1.54, 1.807) is 0 Å². The highest BCUT2D eigenvalue weighted by Gasteiger charge is 2.72. The van der Waals surface area contributed by atoms with Gasteiger partial charge in [-0.3, -0.25) is 0 Å². The number of hydrogen-bond donors (Lipinski definition) is 0. The fraction of sp³-hybridized carbons (Fsp3) is 0.0769. The molecule has 7 aromatic rings. The SMILES string of the molecule is C[n+]1c2n(c3ccccc31)C13c4c(cccc4C4(c5ccccc5-c5ccccc54)c4cccc-2c41)-c1cccc[n+]13. The van der Waals surface area contributed by atoms with Crippen molar-refractivity contribution in [1.29, 1.82) is 0 Å². The van der Waals surface area contributed by atoms with Gasteiger partial charge in [0, 0.05) is 12.1 Å². The Kier molecular flexibility index (Phi) is 3.46. The van der Waals surface area contributed by atoms with E-state index in [9.17, 15) is 0 Å². The van der Waals surface area contributed by atoms with E-state index in [4.69, 9.17) is 0 Å². The van der Waals surface area contributed by atoms with Crippen molar-refractivity contribution in [3.05, 3.63) is 167 Å². The molecule has 1 unspecified atom stereocenters. The Morgan fingerprint density at radius 1 is 0.524 bits per heavy atom. The molecule has 1 atom stereocenters. The second-order valence-electron chi connectivity index (χ2n) is 12.1. The van der Waals surface area contributed by atoms with Crippen LogP contribution in [0.5, 0.6) is 0 Å². The molecular weight excluding hydrogens is 510 g/mol. The number of fused-ring (bicyclic) bond motifs is 13. The molecule has 4 heterocycles. The lowest BCUT2D eigenvalue weighted by atomic mass is 9.58. The average molecular weight is 536 g/mol. The van der Waals surface area contributed by atoms with Crippen LogP contribution in [0.3, 0.4) is 0 Å². The summed E-state index contributed by atoms with van der Waals surface area (Å²) in [6.45, 7) is 0. The predicted molar refractivity (Wildman–Crippen MR) is 163 cm³/mol. The van der Waals surface area contributed by atoms with Gasteiger partial charge >= 0.3 is 5.66 Å². The molecule has 5 aromatic carbocycles. The molecule has 3 nitrogen and oxygen atoms in total. The van der Waals surface area contributed by atoms with Crippen molar-refractivity contribution >= 4 is 11.0 Å². The van der Waals surface area contributed by atoms with Crippen LogP contribution in [0.2, 0.25) is 0 Å². The topological polar surface area (TPSA) is 12.7 Å². The third-order valence-corrected chi connectivity index (χ3v) is 10.6. The summed E-state index contributed by atoms with van der Waals surface area (Å²) < 4.78 is 7.62. The Bertz CT molecular complexity index is 2350. The van der Waals surface area contributed by atoms with Gasteiger partial charge in [-0.25, -0.2) is 4.57 Å². The molecule has 2 aromatic heterocycles. The summed E-state index contributed by atoms with van der Waals surface area (Å²) in [6.07, 6.45) is 2.30. The number of benzene rings is 5. The summed E-state index contributed by atoms with van der Waals surface area (Å²) in [7, 11) is 2.23. The van der Waals surface area contributed by atoms with Crippen molar-refractivity contribution in [3.8, 4) is 33.8 Å². The van der Waals surface area contributed by atoms with Crippen LogP contribution in [0.1, 0.15) is 33.4 Å². The van der Waals surface area contributed by atoms with Gasteiger partial charge in [-0.2, -0.15) is 4.57 Å². The number of aryl methyl sites for hydroxylation is 1. The van der Waals surface area contributed by atoms with E-state index in [1.807, 2.05) is 0 Å². The van der Waals surface area contributed by atoms with Crippen molar-refractivity contribution in [2.75, 3.05) is 0 Å². The lowest BCUT2D eigenvalue weighted by molar-refractivity contribution is -0.734. The van der Waals surface area contributed by atoms with Gasteiger partial charge in [-0.1, -0.05) is 84.9 Å². The van der Waals surface area contributed by atoms with Crippen LogP contribution < -0.4 is 9.13 Å². The monoisotopic (exact) mass is 535 g/mol. The molecule has 194 valence electrons. The van der Waals surface area contributed by atoms with E-state index in [-0.39, 0.29) is 0 Å². The highest BCUT2D eigenvalue weighted by molar-refractivity contribution is 5.94. The quantitative estimate of drug-likeness (QED) is 0.192. The van der Waals surface area contributed by atoms with E-state index in [0.717, 1.165) is 0 Å². The molecule has 4 aliphatic rings. The van der Waals surface area contributed by atoms with Gasteiger partial charge in [-0.05, 0) is 63.7 Å². The van der Waals surface area contributed by atoms with Crippen molar-refractivity contribution in [3.63, 3.8) is 0 Å². The van der Waals surface area contributed by atoms with Gasteiger partial charge in [0.1, 0.15) is 0 Å². The Balaban J connectivity index is 1.46. The van der Waals surface area contributed by atoms with E-state index in [2.05, 4.69) is 154 Å². The van der Waals surface area contributed by atoms with E-state index in [0.29, 0.717) is 0 Å². The molecule has 2 aliphatic carbocycles. The smallest absolute Gasteiger partial charge is 0.225 e. The van der Waals surface area contributed by atoms with Crippen molar-refractivity contribution in [2.24, 2.45) is 7.05 Å². The molecule has 0 N–H and O–H groups in total. The zero-order valence-corrected chi connectivity index (χ0v) is 23.0. The Morgan fingerprint density at radius 2 is 1.10 bits per heavy atom. The Morgan fingerprint density at radius 3 is 1.86 bits per heavy atom. The molecular formula is C39H25N3+2. The lowest BCUT2D eigenvalue weighted by Gasteiger charge is -2.42. The molecule has 0 fully saturated rings. The molecule has 0 radical (unpaired) electrons. The zero-order chi connectivity index (χ0) is 27.4. The fourth-order valence-electron chi connectivity index (χ4n) is 9.43. The Labute approximate surface area is 243 Å². The summed E-state index contributed by atoms with van der Waals surface area (Å²) in [6, 6.07) is 47.9. The van der Waals surface area contributed by atoms with Crippen molar-refractivity contribution < 1.29 is 9.13 Å². The highest BCUT2D eigenvalue weighted by atomic mass is 15.4. The number of pyridine rings is 1. The first-order chi connectivity index (χ1) is 20.8. The van der Waals surface area contributed by atoms with Crippen LogP contribution in [0.15, 0.2) is 134 Å². The normalized spacial score (nSPS) is 18.4. The van der Waals surface area contributed by atoms with Gasteiger partial charge in [-0.15, -0.1) is 4.57 Å². The Hall–Kier alpha value is -5.28. The van der Waals surface area contributed by atoms with Crippen molar-refractivity contribution in [2.45, 2.75) is 11.1 Å². The summed E-state index contributed by atoms with van der Waals surface area (Å²) in [5.41, 5.74) is 16.5. The summed E-state index contributed by atoms with van der Waals surface area (Å²) in [5.74, 6) is 1.26. The average Bonchev–Trinajstić information content (AvgIpc) is 3.73. The fourth-order valence-corrected chi connectivity index (χ4v) is 9.43. The van der Waals surface area contributed by atoms with E-state index < -0.39 is 11.1 Å². The summed E-state index contributed by atoms with van der Waals surface area (Å²) in [4.78, 5) is 0. The van der Waals surface area contributed by atoms with Gasteiger partial charge in [0.25, 0.3) is 5.82 Å². The third kappa shape index (κ3) is 1.94. The first-order valence-corrected chi connectivity index (χ1v) is 14.8. The third-order valence-electron chi connectivity index (χ3n) is 10.6. The molecule has 2 spiro atoms. The second kappa shape index (κ2) is 6.78. The molecule has 0 saturated carbocycles. The van der Waals surface area contributed by atoms with Gasteiger partial charge in [0.2, 0.25) is 5.69 Å². The van der Waals surface area contributed by atoms with Crippen LogP contribution in [0.4, 0.5) is 0 Å². The largest absolute Gasteiger partial charge is 0.365 e. The number of aromatic nitrogens is 3. The molecule has 2 aliphatic heterocycles. The van der Waals surface area contributed by atoms with E-state index in [1.165, 1.54) is 78.2 Å². The zero-order valence-electron chi connectivity index (χ0n) is 23.0. The number of hydrogen-bond acceptors (Lipinski definition) is 0. The molecule has 11 rings (SSSR count). The molecule has 0 saturated heterocycles. The number of nitrogens with zero attached hydrogens (tertiary/aromatic N) is 3. The lowest BCUT2D eigenvalue weighted by Crippen LogP contribution is -2.61. The minimum absolute atomic E-state index is 0.408. The first kappa shape index (κ1) is 21.5. The molecule has 0 bridgehead atoms. The maximum Gasteiger partial charge on any atom is 0.365 e. The van der Waals surface area contributed by atoms with E-state index >= 15 is 0 Å². The minimum atomic E-state index is -0.525. The minimum Gasteiger partial charge on any atom is -0.225 e. The van der Waals surface area contributed by atoms with Crippen LogP contribution in [0.25, 0.3) is 44.8 Å². The second-order valence-corrected chi connectivity index (χ2v) is 12.1. The van der Waals surface area contributed by atoms with Gasteiger partial charge in [0.15, 0.2) is 17.2 Å². The van der Waals surface area contributed by atoms with Gasteiger partial charge < -0.3 is 0 Å². The summed E-state index contributed by atoms with van der Waals surface area (Å²) >= 11 is 0. The maximum atomic E-state index is 2.65. The number of rotatable bonds is 0. The van der Waals surface area contributed by atoms with Crippen LogP contribution in [-0.2, 0) is 18.1 Å². The molecule has 3 heteroatoms. The first-order valence-electron chi connectivity index (χ1n) is 14.8. The number of imidazole rings is 1. The summed E-state index contributed by atoms with van der Waals surface area (Å²) in [5, 5.41) is 0. The molecule has 42 heavy (non-hydrogen) atoms. The molecule has 0 amide bonds. The highest BCUT2D eigenvalue weighted by Crippen LogP contribution is 2.66. The van der Waals surface area contributed by atoms with Crippen LogP contribution in [0, 0.1) is 0 Å². The number of para-hydroxylation sites is 2. The predicted octanol–water partition coefficient (Wildman–Crippen LogP) is 6.69. The maximum absolute atomic E-state index is 2.65. The van der Waals surface area contributed by atoms with Gasteiger partial charge in [0.05, 0.1) is 34.7 Å². The van der Waals surface area contributed by atoms with Crippen LogP contribution >= 0.6 is 0 Å². The standard InChI is InChI=1S/C39H25N3/c1-40-33-21-6-7-22-34(33)42-37(40)27-15-11-19-31-36(27)39(42)35-26(32-20-8-9-23-41(32)39)14-10-18-30(35)38(31)28-16-4-2-12-24(28)25-13-3-5-17-29(25)38/h2-23H,1H3/q+2. The van der Waals surface area contributed by atoms with Crippen molar-refractivity contribution in [1.82, 2.24) is 4.57 Å².